The quantitative estimate of drug-likeness (QED) is 0.433. The second-order valence-corrected chi connectivity index (χ2v) is 11.3. The van der Waals surface area contributed by atoms with E-state index in [0.717, 1.165) is 54.8 Å². The van der Waals surface area contributed by atoms with Crippen LogP contribution >= 0.6 is 0 Å². The highest BCUT2D eigenvalue weighted by atomic mass is 16.5. The fourth-order valence-electron chi connectivity index (χ4n) is 5.90. The summed E-state index contributed by atoms with van der Waals surface area (Å²) in [7, 11) is 1.85. The topological polar surface area (TPSA) is 99.6 Å². The van der Waals surface area contributed by atoms with Crippen molar-refractivity contribution in [1.82, 2.24) is 9.80 Å². The third kappa shape index (κ3) is 8.00. The van der Waals surface area contributed by atoms with Gasteiger partial charge >= 0.3 is 12.1 Å². The molecule has 41 heavy (non-hydrogen) atoms. The van der Waals surface area contributed by atoms with Gasteiger partial charge in [-0.3, -0.25) is 14.5 Å². The maximum Gasteiger partial charge on any atom is 0.407 e. The van der Waals surface area contributed by atoms with Crippen molar-refractivity contribution in [2.75, 3.05) is 38.2 Å². The van der Waals surface area contributed by atoms with Crippen molar-refractivity contribution < 1.29 is 29.0 Å². The van der Waals surface area contributed by atoms with Gasteiger partial charge in [-0.25, -0.2) is 4.79 Å². The standard InChI is InChI=1S/C32H43N3O6/c1-5-40-30(36)19-24-7-6-8-29(18-24)41-28-13-10-25(11-14-28)31(37)33(4)27-12-9-26(22(2)17-27)21-34-15-16-35(32(38)39)23(3)20-34/h6-9,12,17-18,23,25,28H,5,10-11,13-16,19-21H2,1-4H3,(H,38,39)/t23-,25-,28-/m0/s1. The van der Waals surface area contributed by atoms with Crippen molar-refractivity contribution in [2.45, 2.75) is 71.6 Å². The number of nitrogens with zero attached hydrogens (tertiary/aromatic N) is 3. The van der Waals surface area contributed by atoms with E-state index in [0.29, 0.717) is 26.2 Å². The van der Waals surface area contributed by atoms with Crippen LogP contribution in [0.25, 0.3) is 0 Å². The molecule has 1 heterocycles. The van der Waals surface area contributed by atoms with Crippen molar-refractivity contribution in [2.24, 2.45) is 5.92 Å². The van der Waals surface area contributed by atoms with Crippen LogP contribution < -0.4 is 9.64 Å². The second kappa shape index (κ2) is 13.9. The van der Waals surface area contributed by atoms with Gasteiger partial charge in [0.15, 0.2) is 0 Å². The van der Waals surface area contributed by atoms with Crippen LogP contribution in [0, 0.1) is 12.8 Å². The van der Waals surface area contributed by atoms with Crippen molar-refractivity contribution >= 4 is 23.7 Å². The Kier molecular flexibility index (Phi) is 10.3. The Balaban J connectivity index is 1.27. The molecule has 1 saturated heterocycles. The van der Waals surface area contributed by atoms with Crippen LogP contribution in [-0.2, 0) is 27.3 Å². The molecule has 0 radical (unpaired) electrons. The van der Waals surface area contributed by atoms with Gasteiger partial charge in [0.1, 0.15) is 5.75 Å². The van der Waals surface area contributed by atoms with Crippen molar-refractivity contribution in [3.05, 3.63) is 59.2 Å². The predicted molar refractivity (Wildman–Crippen MR) is 157 cm³/mol. The molecule has 9 heteroatoms. The number of amides is 2. The number of rotatable bonds is 9. The van der Waals surface area contributed by atoms with E-state index in [-0.39, 0.29) is 36.4 Å². The number of piperazine rings is 1. The molecule has 2 amide bonds. The Morgan fingerprint density at radius 2 is 1.80 bits per heavy atom. The number of carbonyl (C=O) groups is 3. The monoisotopic (exact) mass is 565 g/mol. The van der Waals surface area contributed by atoms with E-state index < -0.39 is 6.09 Å². The number of carboxylic acid groups (broad SMARTS) is 1. The highest BCUT2D eigenvalue weighted by molar-refractivity contribution is 5.94. The zero-order chi connectivity index (χ0) is 29.5. The van der Waals surface area contributed by atoms with Gasteiger partial charge in [-0.05, 0) is 87.4 Å². The normalized spacial score (nSPS) is 21.3. The molecule has 0 bridgehead atoms. The number of aryl methyl sites for hydroxylation is 1. The number of benzene rings is 2. The Bertz CT molecular complexity index is 1230. The van der Waals surface area contributed by atoms with Crippen LogP contribution in [0.3, 0.4) is 0 Å². The number of anilines is 1. The van der Waals surface area contributed by atoms with Crippen LogP contribution in [0.5, 0.6) is 5.75 Å². The minimum Gasteiger partial charge on any atom is -0.490 e. The summed E-state index contributed by atoms with van der Waals surface area (Å²) in [6.07, 6.45) is 2.56. The van der Waals surface area contributed by atoms with Gasteiger partial charge < -0.3 is 24.4 Å². The van der Waals surface area contributed by atoms with Crippen molar-refractivity contribution in [3.8, 4) is 5.75 Å². The van der Waals surface area contributed by atoms with Gasteiger partial charge in [0.25, 0.3) is 0 Å². The second-order valence-electron chi connectivity index (χ2n) is 11.3. The first-order valence-electron chi connectivity index (χ1n) is 14.6. The van der Waals surface area contributed by atoms with Gasteiger partial charge in [0.05, 0.1) is 19.1 Å². The van der Waals surface area contributed by atoms with Gasteiger partial charge in [0, 0.05) is 50.9 Å². The van der Waals surface area contributed by atoms with E-state index in [9.17, 15) is 19.5 Å². The van der Waals surface area contributed by atoms with E-state index in [1.807, 2.05) is 44.3 Å². The Morgan fingerprint density at radius 3 is 2.46 bits per heavy atom. The molecule has 4 rings (SSSR count). The number of ether oxygens (including phenoxy) is 2. The molecule has 2 aromatic rings. The Labute approximate surface area is 243 Å². The van der Waals surface area contributed by atoms with Gasteiger partial charge in [-0.2, -0.15) is 0 Å². The first-order chi connectivity index (χ1) is 19.6. The number of esters is 1. The lowest BCUT2D eigenvalue weighted by Crippen LogP contribution is -2.53. The van der Waals surface area contributed by atoms with Crippen LogP contribution in [0.15, 0.2) is 42.5 Å². The fraction of sp³-hybridized carbons (Fsp3) is 0.531. The SMILES string of the molecule is CCOC(=O)Cc1cccc(O[C@H]2CC[C@H](C(=O)N(C)c3ccc(CN4CCN(C(=O)O)[C@@H](C)C4)c(C)c3)CC2)c1. The molecule has 2 aromatic carbocycles. The Hall–Kier alpha value is -3.59. The highest BCUT2D eigenvalue weighted by Crippen LogP contribution is 2.31. The molecule has 1 N–H and O–H groups in total. The lowest BCUT2D eigenvalue weighted by molar-refractivity contribution is -0.142. The average molecular weight is 566 g/mol. The molecule has 0 spiro atoms. The number of hydrogen-bond donors (Lipinski definition) is 1. The summed E-state index contributed by atoms with van der Waals surface area (Å²) in [5.74, 6) is 0.587. The summed E-state index contributed by atoms with van der Waals surface area (Å²) in [4.78, 5) is 42.1. The zero-order valence-corrected chi connectivity index (χ0v) is 24.7. The average Bonchev–Trinajstić information content (AvgIpc) is 2.94. The summed E-state index contributed by atoms with van der Waals surface area (Å²) in [6.45, 7) is 8.87. The van der Waals surface area contributed by atoms with Crippen molar-refractivity contribution in [1.29, 1.82) is 0 Å². The van der Waals surface area contributed by atoms with E-state index in [1.165, 1.54) is 10.5 Å². The molecule has 0 unspecified atom stereocenters. The molecule has 1 atom stereocenters. The van der Waals surface area contributed by atoms with Crippen LogP contribution in [-0.4, -0.2) is 78.3 Å². The molecule has 9 nitrogen and oxygen atoms in total. The first-order valence-corrected chi connectivity index (χ1v) is 14.6. The Morgan fingerprint density at radius 1 is 1.05 bits per heavy atom. The number of carbonyl (C=O) groups excluding carboxylic acids is 2. The molecule has 2 aliphatic rings. The van der Waals surface area contributed by atoms with Gasteiger partial charge in [0.2, 0.25) is 5.91 Å². The minimum atomic E-state index is -0.857. The van der Waals surface area contributed by atoms with Crippen molar-refractivity contribution in [3.63, 3.8) is 0 Å². The lowest BCUT2D eigenvalue weighted by Gasteiger charge is -2.38. The third-order valence-electron chi connectivity index (χ3n) is 8.27. The highest BCUT2D eigenvalue weighted by Gasteiger charge is 2.30. The summed E-state index contributed by atoms with van der Waals surface area (Å²) in [5, 5.41) is 9.33. The summed E-state index contributed by atoms with van der Waals surface area (Å²) < 4.78 is 11.3. The van der Waals surface area contributed by atoms with Crippen LogP contribution in [0.1, 0.15) is 56.2 Å². The molecular weight excluding hydrogens is 522 g/mol. The molecule has 1 saturated carbocycles. The van der Waals surface area contributed by atoms with Crippen LogP contribution in [0.2, 0.25) is 0 Å². The summed E-state index contributed by atoms with van der Waals surface area (Å²) >= 11 is 0. The predicted octanol–water partition coefficient (Wildman–Crippen LogP) is 4.89. The molecule has 1 aliphatic heterocycles. The maximum absolute atomic E-state index is 13.4. The lowest BCUT2D eigenvalue weighted by atomic mass is 9.86. The van der Waals surface area contributed by atoms with Gasteiger partial charge in [-0.1, -0.05) is 18.2 Å². The molecule has 2 fully saturated rings. The smallest absolute Gasteiger partial charge is 0.407 e. The first kappa shape index (κ1) is 30.4. The van der Waals surface area contributed by atoms with Gasteiger partial charge in [-0.15, -0.1) is 0 Å². The summed E-state index contributed by atoms with van der Waals surface area (Å²) in [6, 6.07) is 13.7. The van der Waals surface area contributed by atoms with E-state index in [4.69, 9.17) is 9.47 Å². The third-order valence-corrected chi connectivity index (χ3v) is 8.27. The zero-order valence-electron chi connectivity index (χ0n) is 24.7. The molecule has 1 aliphatic carbocycles. The van der Waals surface area contributed by atoms with E-state index in [1.54, 1.807) is 11.8 Å². The minimum absolute atomic E-state index is 0.0356. The maximum atomic E-state index is 13.4. The van der Waals surface area contributed by atoms with E-state index in [2.05, 4.69) is 24.0 Å². The summed E-state index contributed by atoms with van der Waals surface area (Å²) in [5.41, 5.74) is 4.06. The fourth-order valence-corrected chi connectivity index (χ4v) is 5.90. The molecule has 0 aromatic heterocycles. The largest absolute Gasteiger partial charge is 0.490 e. The molecular formula is C32H43N3O6. The number of hydrogen-bond acceptors (Lipinski definition) is 6. The molecule has 222 valence electrons. The van der Waals surface area contributed by atoms with Crippen LogP contribution in [0.4, 0.5) is 10.5 Å². The van der Waals surface area contributed by atoms with E-state index >= 15 is 0 Å².